The molecule has 114 valence electrons. The molecule has 1 fully saturated rings. The van der Waals surface area contributed by atoms with Gasteiger partial charge in [0.15, 0.2) is 0 Å². The smallest absolute Gasteiger partial charge is 0.139 e. The van der Waals surface area contributed by atoms with E-state index in [0.717, 1.165) is 37.9 Å². The molecule has 0 aliphatic heterocycles. The minimum absolute atomic E-state index is 0.134. The van der Waals surface area contributed by atoms with Gasteiger partial charge in [0.25, 0.3) is 0 Å². The Labute approximate surface area is 131 Å². The Morgan fingerprint density at radius 3 is 2.86 bits per heavy atom. The minimum atomic E-state index is -0.134. The predicted octanol–water partition coefficient (Wildman–Crippen LogP) is 4.64. The lowest BCUT2D eigenvalue weighted by Crippen LogP contribution is -2.41. The summed E-state index contributed by atoms with van der Waals surface area (Å²) in [6.07, 6.45) is 4.97. The van der Waals surface area contributed by atoms with Crippen molar-refractivity contribution in [2.75, 3.05) is 7.11 Å². The fraction of sp³-hybridized carbons (Fsp3) is 0.450. The Kier molecular flexibility index (Phi) is 3.04. The summed E-state index contributed by atoms with van der Waals surface area (Å²) < 4.78 is 5.34. The molecule has 0 amide bonds. The van der Waals surface area contributed by atoms with Crippen molar-refractivity contribution in [3.8, 4) is 5.75 Å². The summed E-state index contributed by atoms with van der Waals surface area (Å²) in [6, 6.07) is 10.8. The highest BCUT2D eigenvalue weighted by Gasteiger charge is 2.46. The average Bonchev–Trinajstić information content (AvgIpc) is 2.55. The molecule has 2 aromatic carbocycles. The van der Waals surface area contributed by atoms with Crippen molar-refractivity contribution in [3.63, 3.8) is 0 Å². The van der Waals surface area contributed by atoms with Gasteiger partial charge in [-0.05, 0) is 65.6 Å². The second-order valence-electron chi connectivity index (χ2n) is 7.01. The van der Waals surface area contributed by atoms with Crippen LogP contribution in [0, 0.1) is 5.41 Å². The van der Waals surface area contributed by atoms with E-state index < -0.39 is 0 Å². The van der Waals surface area contributed by atoms with Gasteiger partial charge in [-0.2, -0.15) is 0 Å². The van der Waals surface area contributed by atoms with Crippen molar-refractivity contribution in [1.82, 2.24) is 0 Å². The van der Waals surface area contributed by atoms with E-state index in [1.54, 1.807) is 7.11 Å². The molecule has 0 saturated heterocycles. The number of aryl methyl sites for hydroxylation is 1. The van der Waals surface area contributed by atoms with Crippen molar-refractivity contribution in [2.24, 2.45) is 5.41 Å². The van der Waals surface area contributed by atoms with E-state index in [-0.39, 0.29) is 5.41 Å². The van der Waals surface area contributed by atoms with Gasteiger partial charge in [-0.3, -0.25) is 4.79 Å². The summed E-state index contributed by atoms with van der Waals surface area (Å²) in [5.74, 6) is 1.79. The maximum Gasteiger partial charge on any atom is 0.139 e. The zero-order chi connectivity index (χ0) is 15.3. The van der Waals surface area contributed by atoms with Crippen LogP contribution in [-0.2, 0) is 11.2 Å². The predicted molar refractivity (Wildman–Crippen MR) is 88.5 cm³/mol. The first-order valence-corrected chi connectivity index (χ1v) is 8.26. The summed E-state index contributed by atoms with van der Waals surface area (Å²) >= 11 is 0. The van der Waals surface area contributed by atoms with Crippen LogP contribution in [0.3, 0.4) is 0 Å². The first-order chi connectivity index (χ1) is 10.6. The molecule has 2 atom stereocenters. The van der Waals surface area contributed by atoms with Crippen molar-refractivity contribution in [2.45, 2.75) is 44.9 Å². The molecule has 0 heterocycles. The van der Waals surface area contributed by atoms with Crippen LogP contribution in [0.15, 0.2) is 30.3 Å². The Morgan fingerprint density at radius 2 is 2.05 bits per heavy atom. The van der Waals surface area contributed by atoms with Crippen LogP contribution in [0.25, 0.3) is 10.8 Å². The third-order valence-electron chi connectivity index (χ3n) is 5.95. The summed E-state index contributed by atoms with van der Waals surface area (Å²) in [6.45, 7) is 2.19. The van der Waals surface area contributed by atoms with Gasteiger partial charge in [-0.15, -0.1) is 0 Å². The number of carbonyl (C=O) groups is 1. The number of Topliss-reactive ketones (excluding diaryl/α,β-unsaturated/α-hetero) is 1. The molecular weight excluding hydrogens is 272 g/mol. The van der Waals surface area contributed by atoms with E-state index in [4.69, 9.17) is 4.74 Å². The summed E-state index contributed by atoms with van der Waals surface area (Å²) in [7, 11) is 1.71. The molecule has 0 bridgehead atoms. The van der Waals surface area contributed by atoms with Crippen LogP contribution in [0.5, 0.6) is 5.75 Å². The molecule has 2 nitrogen and oxygen atoms in total. The molecule has 2 aromatic rings. The van der Waals surface area contributed by atoms with Gasteiger partial charge in [0.05, 0.1) is 7.11 Å². The van der Waals surface area contributed by atoms with Crippen LogP contribution in [0.4, 0.5) is 0 Å². The number of benzene rings is 2. The standard InChI is InChI=1S/C20H22O2/c1-20-11-10-16-15-9-7-14(22-2)12-13(15)6-8-17(16)18(20)4-3-5-19(20)21/h6-9,12,18H,3-5,10-11H2,1-2H3. The largest absolute Gasteiger partial charge is 0.497 e. The van der Waals surface area contributed by atoms with Crippen molar-refractivity contribution >= 4 is 16.6 Å². The molecule has 2 unspecified atom stereocenters. The second kappa shape index (κ2) is 4.84. The Balaban J connectivity index is 1.89. The van der Waals surface area contributed by atoms with Crippen LogP contribution >= 0.6 is 0 Å². The monoisotopic (exact) mass is 294 g/mol. The molecule has 22 heavy (non-hydrogen) atoms. The van der Waals surface area contributed by atoms with E-state index in [2.05, 4.69) is 31.2 Å². The molecule has 2 aliphatic rings. The lowest BCUT2D eigenvalue weighted by molar-refractivity contribution is -0.132. The third-order valence-corrected chi connectivity index (χ3v) is 5.95. The summed E-state index contributed by atoms with van der Waals surface area (Å²) in [5.41, 5.74) is 2.74. The van der Waals surface area contributed by atoms with E-state index >= 15 is 0 Å². The Bertz CT molecular complexity index is 762. The number of methoxy groups -OCH3 is 1. The van der Waals surface area contributed by atoms with Gasteiger partial charge >= 0.3 is 0 Å². The maximum atomic E-state index is 12.5. The van der Waals surface area contributed by atoms with E-state index in [0.29, 0.717) is 11.7 Å². The molecule has 4 rings (SSSR count). The number of hydrogen-bond acceptors (Lipinski definition) is 2. The van der Waals surface area contributed by atoms with Gasteiger partial charge in [0.1, 0.15) is 11.5 Å². The van der Waals surface area contributed by atoms with E-state index in [9.17, 15) is 4.79 Å². The molecule has 1 saturated carbocycles. The van der Waals surface area contributed by atoms with Crippen molar-refractivity contribution in [3.05, 3.63) is 41.5 Å². The zero-order valence-corrected chi connectivity index (χ0v) is 13.3. The van der Waals surface area contributed by atoms with Crippen LogP contribution < -0.4 is 4.74 Å². The molecule has 2 aliphatic carbocycles. The van der Waals surface area contributed by atoms with Gasteiger partial charge in [-0.25, -0.2) is 0 Å². The lowest BCUT2D eigenvalue weighted by atomic mass is 9.58. The van der Waals surface area contributed by atoms with E-state index in [1.165, 1.54) is 21.9 Å². The Morgan fingerprint density at radius 1 is 1.18 bits per heavy atom. The number of ketones is 1. The first kappa shape index (κ1) is 13.8. The number of fused-ring (bicyclic) bond motifs is 5. The summed E-state index contributed by atoms with van der Waals surface area (Å²) in [5, 5.41) is 2.57. The molecule has 0 N–H and O–H groups in total. The van der Waals surface area contributed by atoms with Crippen molar-refractivity contribution in [1.29, 1.82) is 0 Å². The molecule has 0 radical (unpaired) electrons. The van der Waals surface area contributed by atoms with Gasteiger partial charge in [0.2, 0.25) is 0 Å². The quantitative estimate of drug-likeness (QED) is 0.766. The SMILES string of the molecule is COc1ccc2c3c(ccc2c1)C1CCCC(=O)C1(C)CC3. The highest BCUT2D eigenvalue weighted by molar-refractivity contribution is 5.91. The molecule has 2 heteroatoms. The van der Waals surface area contributed by atoms with E-state index in [1.807, 2.05) is 6.07 Å². The third kappa shape index (κ3) is 1.83. The summed E-state index contributed by atoms with van der Waals surface area (Å²) in [4.78, 5) is 12.5. The molecular formula is C20H22O2. The second-order valence-corrected chi connectivity index (χ2v) is 7.01. The fourth-order valence-corrected chi connectivity index (χ4v) is 4.58. The number of hydrogen-bond donors (Lipinski definition) is 0. The van der Waals surface area contributed by atoms with Crippen LogP contribution in [0.2, 0.25) is 0 Å². The molecule has 0 spiro atoms. The number of ether oxygens (including phenoxy) is 1. The Hall–Kier alpha value is -1.83. The first-order valence-electron chi connectivity index (χ1n) is 8.26. The fourth-order valence-electron chi connectivity index (χ4n) is 4.58. The topological polar surface area (TPSA) is 26.3 Å². The number of rotatable bonds is 1. The molecule has 0 aromatic heterocycles. The van der Waals surface area contributed by atoms with Gasteiger partial charge < -0.3 is 4.74 Å². The lowest BCUT2D eigenvalue weighted by Gasteiger charge is -2.45. The average molecular weight is 294 g/mol. The highest BCUT2D eigenvalue weighted by Crippen LogP contribution is 2.53. The zero-order valence-electron chi connectivity index (χ0n) is 13.3. The van der Waals surface area contributed by atoms with Crippen molar-refractivity contribution < 1.29 is 9.53 Å². The van der Waals surface area contributed by atoms with Crippen LogP contribution in [0.1, 0.15) is 49.7 Å². The highest BCUT2D eigenvalue weighted by atomic mass is 16.5. The van der Waals surface area contributed by atoms with Gasteiger partial charge in [0, 0.05) is 11.8 Å². The van der Waals surface area contributed by atoms with Crippen LogP contribution in [-0.4, -0.2) is 12.9 Å². The van der Waals surface area contributed by atoms with Gasteiger partial charge in [-0.1, -0.05) is 25.1 Å². The number of carbonyl (C=O) groups excluding carboxylic acids is 1. The maximum absolute atomic E-state index is 12.5. The normalized spacial score (nSPS) is 27.4. The minimum Gasteiger partial charge on any atom is -0.497 e.